The summed E-state index contributed by atoms with van der Waals surface area (Å²) in [6.07, 6.45) is 0.762. The number of carbonyl (C=O) groups is 1. The van der Waals surface area contributed by atoms with E-state index in [1.54, 1.807) is 7.11 Å². The first-order valence-electron chi connectivity index (χ1n) is 6.26. The third kappa shape index (κ3) is 5.04. The minimum atomic E-state index is -0.185. The number of aromatic nitrogens is 1. The van der Waals surface area contributed by atoms with Crippen molar-refractivity contribution in [3.63, 3.8) is 0 Å². The van der Waals surface area contributed by atoms with Crippen molar-refractivity contribution in [3.05, 3.63) is 4.88 Å². The van der Waals surface area contributed by atoms with Crippen LogP contribution in [-0.4, -0.2) is 36.7 Å². The SMILES string of the molecule is COCCC(C)NC(=O)c1sc(NC(C)C)nc1N. The van der Waals surface area contributed by atoms with Gasteiger partial charge in [0.05, 0.1) is 0 Å². The van der Waals surface area contributed by atoms with Crippen molar-refractivity contribution < 1.29 is 9.53 Å². The molecule has 0 saturated carbocycles. The highest BCUT2D eigenvalue weighted by Crippen LogP contribution is 2.25. The zero-order valence-electron chi connectivity index (χ0n) is 11.8. The van der Waals surface area contributed by atoms with E-state index in [2.05, 4.69) is 15.6 Å². The van der Waals surface area contributed by atoms with Crippen LogP contribution in [0.3, 0.4) is 0 Å². The Morgan fingerprint density at radius 1 is 1.47 bits per heavy atom. The first-order chi connectivity index (χ1) is 8.93. The molecule has 0 aliphatic rings. The van der Waals surface area contributed by atoms with Gasteiger partial charge in [-0.05, 0) is 27.2 Å². The maximum atomic E-state index is 12.0. The molecule has 1 heterocycles. The Bertz CT molecular complexity index is 420. The third-order valence-electron chi connectivity index (χ3n) is 2.40. The average Bonchev–Trinajstić information content (AvgIpc) is 2.66. The molecule has 6 nitrogen and oxygen atoms in total. The van der Waals surface area contributed by atoms with Crippen molar-refractivity contribution in [2.45, 2.75) is 39.3 Å². The van der Waals surface area contributed by atoms with Gasteiger partial charge in [0, 0.05) is 25.8 Å². The fraction of sp³-hybridized carbons (Fsp3) is 0.667. The molecule has 19 heavy (non-hydrogen) atoms. The van der Waals surface area contributed by atoms with Crippen LogP contribution in [0, 0.1) is 0 Å². The number of thiazole rings is 1. The van der Waals surface area contributed by atoms with Crippen LogP contribution in [0.15, 0.2) is 0 Å². The lowest BCUT2D eigenvalue weighted by atomic mass is 10.2. The number of rotatable bonds is 7. The predicted octanol–water partition coefficient (Wildman–Crippen LogP) is 1.70. The first-order valence-corrected chi connectivity index (χ1v) is 7.08. The zero-order chi connectivity index (χ0) is 14.4. The summed E-state index contributed by atoms with van der Waals surface area (Å²) in [5, 5.41) is 6.69. The number of anilines is 2. The lowest BCUT2D eigenvalue weighted by molar-refractivity contribution is 0.0934. The highest BCUT2D eigenvalue weighted by molar-refractivity contribution is 7.18. The van der Waals surface area contributed by atoms with Gasteiger partial charge >= 0.3 is 0 Å². The predicted molar refractivity (Wildman–Crippen MR) is 78.7 cm³/mol. The highest BCUT2D eigenvalue weighted by atomic mass is 32.1. The molecule has 108 valence electrons. The minimum absolute atomic E-state index is 0.0375. The quantitative estimate of drug-likeness (QED) is 0.710. The van der Waals surface area contributed by atoms with Crippen molar-refractivity contribution >= 4 is 28.2 Å². The second-order valence-corrected chi connectivity index (χ2v) is 5.69. The number of nitrogens with two attached hydrogens (primary N) is 1. The molecule has 1 amide bonds. The van der Waals surface area contributed by atoms with E-state index >= 15 is 0 Å². The molecule has 4 N–H and O–H groups in total. The van der Waals surface area contributed by atoms with Crippen molar-refractivity contribution in [1.29, 1.82) is 0 Å². The molecule has 0 saturated heterocycles. The van der Waals surface area contributed by atoms with Crippen LogP contribution in [0.5, 0.6) is 0 Å². The van der Waals surface area contributed by atoms with Gasteiger partial charge < -0.3 is 21.1 Å². The third-order valence-corrected chi connectivity index (χ3v) is 3.41. The molecule has 1 aromatic heterocycles. The topological polar surface area (TPSA) is 89.3 Å². The fourth-order valence-corrected chi connectivity index (χ4v) is 2.39. The number of nitrogens with zero attached hydrogens (tertiary/aromatic N) is 1. The summed E-state index contributed by atoms with van der Waals surface area (Å²) in [5.74, 6) is 0.0833. The molecule has 1 rings (SSSR count). The number of hydrogen-bond donors (Lipinski definition) is 3. The van der Waals surface area contributed by atoms with Crippen LogP contribution < -0.4 is 16.4 Å². The van der Waals surface area contributed by atoms with Crippen LogP contribution in [-0.2, 0) is 4.74 Å². The number of ether oxygens (including phenoxy) is 1. The lowest BCUT2D eigenvalue weighted by Gasteiger charge is -2.12. The van der Waals surface area contributed by atoms with Gasteiger partial charge in [-0.2, -0.15) is 0 Å². The summed E-state index contributed by atoms with van der Waals surface area (Å²) >= 11 is 1.27. The van der Waals surface area contributed by atoms with Crippen molar-refractivity contribution in [3.8, 4) is 0 Å². The van der Waals surface area contributed by atoms with Gasteiger partial charge in [-0.15, -0.1) is 0 Å². The van der Waals surface area contributed by atoms with E-state index in [4.69, 9.17) is 10.5 Å². The smallest absolute Gasteiger partial charge is 0.265 e. The number of carbonyl (C=O) groups excluding carboxylic acids is 1. The van der Waals surface area contributed by atoms with Crippen LogP contribution in [0.25, 0.3) is 0 Å². The van der Waals surface area contributed by atoms with Gasteiger partial charge in [0.25, 0.3) is 5.91 Å². The molecule has 1 unspecified atom stereocenters. The molecule has 7 heteroatoms. The van der Waals surface area contributed by atoms with Gasteiger partial charge in [0.15, 0.2) is 5.13 Å². The van der Waals surface area contributed by atoms with Crippen molar-refractivity contribution in [1.82, 2.24) is 10.3 Å². The summed E-state index contributed by atoms with van der Waals surface area (Å²) in [7, 11) is 1.64. The van der Waals surface area contributed by atoms with E-state index in [0.717, 1.165) is 6.42 Å². The molecule has 0 aromatic carbocycles. The molecular formula is C12H22N4O2S. The number of methoxy groups -OCH3 is 1. The summed E-state index contributed by atoms with van der Waals surface area (Å²) in [6, 6.07) is 0.289. The van der Waals surface area contributed by atoms with Gasteiger partial charge in [-0.25, -0.2) is 4.98 Å². The maximum absolute atomic E-state index is 12.0. The second kappa shape index (κ2) is 7.30. The molecule has 1 atom stereocenters. The Kier molecular flexibility index (Phi) is 6.04. The molecule has 0 aliphatic heterocycles. The molecule has 0 bridgehead atoms. The van der Waals surface area contributed by atoms with E-state index < -0.39 is 0 Å². The van der Waals surface area contributed by atoms with Crippen LogP contribution in [0.1, 0.15) is 36.9 Å². The van der Waals surface area contributed by atoms with Crippen LogP contribution >= 0.6 is 11.3 Å². The normalized spacial score (nSPS) is 12.5. The summed E-state index contributed by atoms with van der Waals surface area (Å²) in [6.45, 7) is 6.55. The Morgan fingerprint density at radius 3 is 2.74 bits per heavy atom. The second-order valence-electron chi connectivity index (χ2n) is 4.69. The molecule has 0 aliphatic carbocycles. The van der Waals surface area contributed by atoms with E-state index in [1.807, 2.05) is 20.8 Å². The Labute approximate surface area is 117 Å². The molecular weight excluding hydrogens is 264 g/mol. The van der Waals surface area contributed by atoms with E-state index in [9.17, 15) is 4.79 Å². The largest absolute Gasteiger partial charge is 0.385 e. The monoisotopic (exact) mass is 286 g/mol. The van der Waals surface area contributed by atoms with Crippen LogP contribution in [0.4, 0.5) is 10.9 Å². The Balaban J connectivity index is 2.63. The van der Waals surface area contributed by atoms with E-state index in [-0.39, 0.29) is 23.8 Å². The minimum Gasteiger partial charge on any atom is -0.385 e. The molecule has 0 radical (unpaired) electrons. The van der Waals surface area contributed by atoms with Crippen molar-refractivity contribution in [2.24, 2.45) is 0 Å². The zero-order valence-corrected chi connectivity index (χ0v) is 12.6. The summed E-state index contributed by atoms with van der Waals surface area (Å²) in [5.41, 5.74) is 5.77. The lowest BCUT2D eigenvalue weighted by Crippen LogP contribution is -2.33. The van der Waals surface area contributed by atoms with Gasteiger partial charge in [-0.3, -0.25) is 4.79 Å². The summed E-state index contributed by atoms with van der Waals surface area (Å²) < 4.78 is 4.98. The molecule has 0 fully saturated rings. The number of amides is 1. The molecule has 1 aromatic rings. The highest BCUT2D eigenvalue weighted by Gasteiger charge is 2.18. The average molecular weight is 286 g/mol. The number of nitrogen functional groups attached to an aromatic ring is 1. The Morgan fingerprint density at radius 2 is 2.16 bits per heavy atom. The maximum Gasteiger partial charge on any atom is 0.265 e. The van der Waals surface area contributed by atoms with Gasteiger partial charge in [0.1, 0.15) is 10.7 Å². The van der Waals surface area contributed by atoms with Gasteiger partial charge in [-0.1, -0.05) is 11.3 Å². The summed E-state index contributed by atoms with van der Waals surface area (Å²) in [4.78, 5) is 16.6. The Hall–Kier alpha value is -1.34. The number of hydrogen-bond acceptors (Lipinski definition) is 6. The van der Waals surface area contributed by atoms with E-state index in [1.165, 1.54) is 11.3 Å². The standard InChI is InChI=1S/C12H22N4O2S/c1-7(2)14-12-16-10(13)9(19-12)11(17)15-8(3)5-6-18-4/h7-8H,5-6,13H2,1-4H3,(H,14,16)(H,15,17). The fourth-order valence-electron chi connectivity index (χ4n) is 1.46. The number of nitrogens with one attached hydrogen (secondary N) is 2. The first kappa shape index (κ1) is 15.7. The molecule has 0 spiro atoms. The van der Waals surface area contributed by atoms with Gasteiger partial charge in [0.2, 0.25) is 0 Å². The van der Waals surface area contributed by atoms with E-state index in [0.29, 0.717) is 16.6 Å². The van der Waals surface area contributed by atoms with Crippen molar-refractivity contribution in [2.75, 3.05) is 24.8 Å². The van der Waals surface area contributed by atoms with Crippen LogP contribution in [0.2, 0.25) is 0 Å².